The molecule has 0 radical (unpaired) electrons. The van der Waals surface area contributed by atoms with Crippen molar-refractivity contribution in [3.8, 4) is 5.75 Å². The van der Waals surface area contributed by atoms with Gasteiger partial charge in [-0.1, -0.05) is 32.4 Å². The Balaban J connectivity index is 2.44. The van der Waals surface area contributed by atoms with Crippen LogP contribution in [0.15, 0.2) is 24.3 Å². The van der Waals surface area contributed by atoms with E-state index in [1.54, 1.807) is 0 Å². The van der Waals surface area contributed by atoms with Crippen molar-refractivity contribution < 1.29 is 19.4 Å². The monoisotopic (exact) mass is 322 g/mol. The summed E-state index contributed by atoms with van der Waals surface area (Å²) < 4.78 is 5.41. The van der Waals surface area contributed by atoms with Gasteiger partial charge in [-0.15, -0.1) is 0 Å². The van der Waals surface area contributed by atoms with Gasteiger partial charge >= 0.3 is 5.97 Å². The molecule has 0 unspecified atom stereocenters. The Morgan fingerprint density at radius 2 is 2.04 bits per heavy atom. The number of carboxylic acid groups (broad SMARTS) is 1. The molecule has 0 saturated heterocycles. The summed E-state index contributed by atoms with van der Waals surface area (Å²) in [7, 11) is 0. The van der Waals surface area contributed by atoms with Crippen molar-refractivity contribution in [3.05, 3.63) is 29.8 Å². The topological polar surface area (TPSA) is 87.7 Å². The predicted molar refractivity (Wildman–Crippen MR) is 88.3 cm³/mol. The zero-order chi connectivity index (χ0) is 17.2. The molecule has 0 heterocycles. The van der Waals surface area contributed by atoms with Gasteiger partial charge < -0.3 is 15.2 Å². The summed E-state index contributed by atoms with van der Waals surface area (Å²) >= 11 is 0. The Kier molecular flexibility index (Phi) is 8.11. The van der Waals surface area contributed by atoms with Crippen LogP contribution in [0, 0.1) is 5.92 Å². The average molecular weight is 322 g/mol. The van der Waals surface area contributed by atoms with E-state index in [-0.39, 0.29) is 18.4 Å². The number of carbonyl (C=O) groups excluding carboxylic acids is 1. The van der Waals surface area contributed by atoms with Crippen molar-refractivity contribution in [2.45, 2.75) is 39.8 Å². The molecule has 0 aliphatic heterocycles. The molecule has 1 rings (SSSR count). The Hall–Kier alpha value is -2.08. The molecular formula is C17H26N2O4. The standard InChI is InChI=1S/C17H26N2O4/c1-4-12(3)16(17(21)22)19-11-15(20)18-10-13-7-6-8-14(9-13)23-5-2/h6-9,12,16,19H,4-5,10-11H2,1-3H3,(H,18,20)(H,21,22)/t12-,16-/m0/s1. The minimum atomic E-state index is -0.934. The van der Waals surface area contributed by atoms with Crippen molar-refractivity contribution in [1.29, 1.82) is 0 Å². The Morgan fingerprint density at radius 3 is 2.65 bits per heavy atom. The van der Waals surface area contributed by atoms with Gasteiger partial charge in [-0.3, -0.25) is 14.9 Å². The number of rotatable bonds is 10. The smallest absolute Gasteiger partial charge is 0.320 e. The first-order chi connectivity index (χ1) is 11.0. The number of ether oxygens (including phenoxy) is 1. The van der Waals surface area contributed by atoms with E-state index in [2.05, 4.69) is 10.6 Å². The Labute approximate surface area is 137 Å². The van der Waals surface area contributed by atoms with E-state index in [9.17, 15) is 9.59 Å². The molecule has 1 aromatic rings. The molecule has 6 heteroatoms. The second-order valence-corrected chi connectivity index (χ2v) is 5.44. The number of benzene rings is 1. The highest BCUT2D eigenvalue weighted by Gasteiger charge is 2.23. The quantitative estimate of drug-likeness (QED) is 0.611. The summed E-state index contributed by atoms with van der Waals surface area (Å²) in [6.07, 6.45) is 0.732. The molecule has 0 aliphatic carbocycles. The highest BCUT2D eigenvalue weighted by Crippen LogP contribution is 2.13. The van der Waals surface area contributed by atoms with E-state index in [4.69, 9.17) is 9.84 Å². The van der Waals surface area contributed by atoms with Gasteiger partial charge in [-0.25, -0.2) is 0 Å². The lowest BCUT2D eigenvalue weighted by Crippen LogP contribution is -2.46. The lowest BCUT2D eigenvalue weighted by atomic mass is 9.99. The highest BCUT2D eigenvalue weighted by atomic mass is 16.5. The number of carbonyl (C=O) groups is 2. The molecule has 23 heavy (non-hydrogen) atoms. The lowest BCUT2D eigenvalue weighted by Gasteiger charge is -2.19. The number of amides is 1. The molecule has 0 aromatic heterocycles. The summed E-state index contributed by atoms with van der Waals surface area (Å²) in [6.45, 7) is 6.63. The molecule has 0 spiro atoms. The third-order valence-electron chi connectivity index (χ3n) is 3.66. The van der Waals surface area contributed by atoms with Crippen LogP contribution >= 0.6 is 0 Å². The third-order valence-corrected chi connectivity index (χ3v) is 3.66. The maximum absolute atomic E-state index is 11.9. The van der Waals surface area contributed by atoms with Crippen molar-refractivity contribution >= 4 is 11.9 Å². The van der Waals surface area contributed by atoms with Crippen LogP contribution in [-0.4, -0.2) is 36.2 Å². The molecule has 1 amide bonds. The zero-order valence-electron chi connectivity index (χ0n) is 14.0. The fourth-order valence-corrected chi connectivity index (χ4v) is 2.15. The molecule has 0 saturated carbocycles. The summed E-state index contributed by atoms with van der Waals surface area (Å²) in [6, 6.07) is 6.78. The average Bonchev–Trinajstić information content (AvgIpc) is 2.53. The molecule has 0 fully saturated rings. The number of aliphatic carboxylic acids is 1. The summed E-state index contributed by atoms with van der Waals surface area (Å²) in [4.78, 5) is 23.0. The number of hydrogen-bond donors (Lipinski definition) is 3. The number of nitrogens with one attached hydrogen (secondary N) is 2. The predicted octanol–water partition coefficient (Wildman–Crippen LogP) is 1.79. The van der Waals surface area contributed by atoms with Crippen molar-refractivity contribution in [2.75, 3.05) is 13.2 Å². The van der Waals surface area contributed by atoms with Crippen molar-refractivity contribution in [1.82, 2.24) is 10.6 Å². The van der Waals surface area contributed by atoms with E-state index < -0.39 is 12.0 Å². The molecule has 1 aromatic carbocycles. The van der Waals surface area contributed by atoms with E-state index in [1.807, 2.05) is 45.0 Å². The fraction of sp³-hybridized carbons (Fsp3) is 0.529. The van der Waals surface area contributed by atoms with Crippen LogP contribution in [0.1, 0.15) is 32.8 Å². The first-order valence-corrected chi connectivity index (χ1v) is 7.92. The lowest BCUT2D eigenvalue weighted by molar-refractivity contribution is -0.140. The second kappa shape index (κ2) is 9.84. The van der Waals surface area contributed by atoms with Crippen molar-refractivity contribution in [2.24, 2.45) is 5.92 Å². The molecule has 3 N–H and O–H groups in total. The van der Waals surface area contributed by atoms with Gasteiger partial charge in [0.25, 0.3) is 0 Å². The van der Waals surface area contributed by atoms with Crippen LogP contribution < -0.4 is 15.4 Å². The van der Waals surface area contributed by atoms with Gasteiger partial charge in [-0.2, -0.15) is 0 Å². The van der Waals surface area contributed by atoms with Crippen LogP contribution in [0.4, 0.5) is 0 Å². The van der Waals surface area contributed by atoms with Gasteiger partial charge in [0.15, 0.2) is 0 Å². The summed E-state index contributed by atoms with van der Waals surface area (Å²) in [5.74, 6) is -0.443. The zero-order valence-corrected chi connectivity index (χ0v) is 14.0. The molecule has 6 nitrogen and oxygen atoms in total. The SMILES string of the molecule is CCOc1cccc(CNC(=O)CN[C@H](C(=O)O)[C@@H](C)CC)c1. The molecular weight excluding hydrogens is 296 g/mol. The highest BCUT2D eigenvalue weighted by molar-refractivity contribution is 5.80. The van der Waals surface area contributed by atoms with Gasteiger partial charge in [0.05, 0.1) is 13.2 Å². The first kappa shape index (κ1) is 19.0. The van der Waals surface area contributed by atoms with Crippen LogP contribution in [-0.2, 0) is 16.1 Å². The summed E-state index contributed by atoms with van der Waals surface area (Å²) in [5.41, 5.74) is 0.931. The van der Waals surface area contributed by atoms with E-state index in [0.29, 0.717) is 13.2 Å². The second-order valence-electron chi connectivity index (χ2n) is 5.44. The maximum Gasteiger partial charge on any atom is 0.320 e. The van der Waals surface area contributed by atoms with Gasteiger partial charge in [0.2, 0.25) is 5.91 Å². The Morgan fingerprint density at radius 1 is 1.30 bits per heavy atom. The van der Waals surface area contributed by atoms with Crippen LogP contribution in [0.2, 0.25) is 0 Å². The Bertz CT molecular complexity index is 519. The molecule has 0 aliphatic rings. The largest absolute Gasteiger partial charge is 0.494 e. The van der Waals surface area contributed by atoms with Crippen LogP contribution in [0.25, 0.3) is 0 Å². The molecule has 0 bridgehead atoms. The van der Waals surface area contributed by atoms with E-state index >= 15 is 0 Å². The summed E-state index contributed by atoms with van der Waals surface area (Å²) in [5, 5.41) is 14.7. The van der Waals surface area contributed by atoms with E-state index in [0.717, 1.165) is 17.7 Å². The first-order valence-electron chi connectivity index (χ1n) is 7.92. The van der Waals surface area contributed by atoms with Crippen LogP contribution in [0.3, 0.4) is 0 Å². The molecule has 2 atom stereocenters. The number of hydrogen-bond acceptors (Lipinski definition) is 4. The fourth-order valence-electron chi connectivity index (χ4n) is 2.15. The normalized spacial score (nSPS) is 13.2. The van der Waals surface area contributed by atoms with Gasteiger partial charge in [-0.05, 0) is 30.5 Å². The van der Waals surface area contributed by atoms with Crippen molar-refractivity contribution in [3.63, 3.8) is 0 Å². The third kappa shape index (κ3) is 6.69. The minimum Gasteiger partial charge on any atom is -0.494 e. The van der Waals surface area contributed by atoms with Gasteiger partial charge in [0, 0.05) is 6.54 Å². The maximum atomic E-state index is 11.9. The molecule has 128 valence electrons. The number of carboxylic acids is 1. The minimum absolute atomic E-state index is 0.0214. The van der Waals surface area contributed by atoms with Gasteiger partial charge in [0.1, 0.15) is 11.8 Å². The van der Waals surface area contributed by atoms with Crippen LogP contribution in [0.5, 0.6) is 5.75 Å². The van der Waals surface area contributed by atoms with E-state index in [1.165, 1.54) is 0 Å².